The first-order valence-corrected chi connectivity index (χ1v) is 9.18. The molecule has 0 aromatic heterocycles. The number of halogens is 1. The summed E-state index contributed by atoms with van der Waals surface area (Å²) in [4.78, 5) is 13.8. The molecule has 23 heavy (non-hydrogen) atoms. The molecule has 8 heteroatoms. The number of benzene rings is 1. The second-order valence-electron chi connectivity index (χ2n) is 5.61. The molecule has 1 atom stereocenters. The summed E-state index contributed by atoms with van der Waals surface area (Å²) in [6, 6.07) is 4.19. The molecular formula is C15H21FN2O4S. The zero-order chi connectivity index (χ0) is 17.0. The number of nitrogens with one attached hydrogen (secondary N) is 1. The standard InChI is InChI=1S/C15H21FN2O4S/c1-11(12-3-4-14(22-2)13(16)9-12)17-15(19)10-18-5-7-23(20,21)8-6-18/h3-4,9,11H,5-8,10H2,1-2H3,(H,17,19)/t11-/m0/s1. The van der Waals surface area contributed by atoms with Gasteiger partial charge < -0.3 is 10.1 Å². The smallest absolute Gasteiger partial charge is 0.234 e. The van der Waals surface area contributed by atoms with Gasteiger partial charge in [-0.3, -0.25) is 9.69 Å². The van der Waals surface area contributed by atoms with E-state index in [4.69, 9.17) is 4.74 Å². The summed E-state index contributed by atoms with van der Waals surface area (Å²) in [6.07, 6.45) is 0. The topological polar surface area (TPSA) is 75.7 Å². The second kappa shape index (κ2) is 7.27. The van der Waals surface area contributed by atoms with Crippen LogP contribution in [0, 0.1) is 5.82 Å². The number of sulfone groups is 1. The van der Waals surface area contributed by atoms with Gasteiger partial charge >= 0.3 is 0 Å². The Morgan fingerprint density at radius 1 is 1.39 bits per heavy atom. The van der Waals surface area contributed by atoms with Crippen molar-refractivity contribution in [2.24, 2.45) is 0 Å². The number of hydrogen-bond donors (Lipinski definition) is 1. The summed E-state index contributed by atoms with van der Waals surface area (Å²) in [6.45, 7) is 2.63. The Bertz CT molecular complexity index is 664. The number of nitrogens with zero attached hydrogens (tertiary/aromatic N) is 1. The Morgan fingerprint density at radius 2 is 2.04 bits per heavy atom. The predicted octanol–water partition coefficient (Wildman–Crippen LogP) is 0.742. The monoisotopic (exact) mass is 344 g/mol. The van der Waals surface area contributed by atoms with Crippen molar-refractivity contribution >= 4 is 15.7 Å². The zero-order valence-corrected chi connectivity index (χ0v) is 14.0. The Balaban J connectivity index is 1.88. The fourth-order valence-electron chi connectivity index (χ4n) is 2.43. The summed E-state index contributed by atoms with van der Waals surface area (Å²) in [7, 11) is -1.56. The van der Waals surface area contributed by atoms with Crippen molar-refractivity contribution in [3.05, 3.63) is 29.6 Å². The lowest BCUT2D eigenvalue weighted by Crippen LogP contribution is -2.45. The molecule has 0 aliphatic carbocycles. The molecule has 0 saturated carbocycles. The summed E-state index contributed by atoms with van der Waals surface area (Å²) < 4.78 is 41.3. The number of amides is 1. The van der Waals surface area contributed by atoms with Crippen LogP contribution in [-0.2, 0) is 14.6 Å². The Labute approximate surface area is 135 Å². The van der Waals surface area contributed by atoms with Crippen molar-refractivity contribution in [3.8, 4) is 5.75 Å². The molecular weight excluding hydrogens is 323 g/mol. The predicted molar refractivity (Wildman–Crippen MR) is 84.6 cm³/mol. The van der Waals surface area contributed by atoms with E-state index in [9.17, 15) is 17.6 Å². The fourth-order valence-corrected chi connectivity index (χ4v) is 3.71. The fraction of sp³-hybridized carbons (Fsp3) is 0.533. The number of carbonyl (C=O) groups excluding carboxylic acids is 1. The van der Waals surface area contributed by atoms with Gasteiger partial charge in [0.05, 0.1) is 31.2 Å². The van der Waals surface area contributed by atoms with Crippen LogP contribution >= 0.6 is 0 Å². The first kappa shape index (κ1) is 17.7. The average molecular weight is 344 g/mol. The van der Waals surface area contributed by atoms with E-state index in [0.717, 1.165) is 0 Å². The van der Waals surface area contributed by atoms with Crippen LogP contribution in [-0.4, -0.2) is 57.5 Å². The molecule has 1 amide bonds. The molecule has 6 nitrogen and oxygen atoms in total. The normalized spacial score (nSPS) is 19.1. The number of hydrogen-bond acceptors (Lipinski definition) is 5. The average Bonchev–Trinajstić information content (AvgIpc) is 2.49. The van der Waals surface area contributed by atoms with Crippen molar-refractivity contribution in [1.29, 1.82) is 0 Å². The second-order valence-corrected chi connectivity index (χ2v) is 7.91. The Kier molecular flexibility index (Phi) is 5.59. The van der Waals surface area contributed by atoms with Crippen molar-refractivity contribution in [1.82, 2.24) is 10.2 Å². The van der Waals surface area contributed by atoms with E-state index in [-0.39, 0.29) is 35.7 Å². The highest BCUT2D eigenvalue weighted by atomic mass is 32.2. The summed E-state index contributed by atoms with van der Waals surface area (Å²) in [5.41, 5.74) is 0.637. The highest BCUT2D eigenvalue weighted by Gasteiger charge is 2.23. The molecule has 1 heterocycles. The van der Waals surface area contributed by atoms with E-state index in [1.165, 1.54) is 19.2 Å². The van der Waals surface area contributed by atoms with Crippen LogP contribution in [0.15, 0.2) is 18.2 Å². The molecule has 1 N–H and O–H groups in total. The van der Waals surface area contributed by atoms with Crippen molar-refractivity contribution in [2.45, 2.75) is 13.0 Å². The highest BCUT2D eigenvalue weighted by Crippen LogP contribution is 2.21. The first-order chi connectivity index (χ1) is 10.8. The van der Waals surface area contributed by atoms with Crippen LogP contribution < -0.4 is 10.1 Å². The molecule has 1 saturated heterocycles. The molecule has 0 unspecified atom stereocenters. The maximum absolute atomic E-state index is 13.7. The van der Waals surface area contributed by atoms with Crippen LogP contribution in [0.3, 0.4) is 0 Å². The van der Waals surface area contributed by atoms with E-state index >= 15 is 0 Å². The van der Waals surface area contributed by atoms with Crippen molar-refractivity contribution in [3.63, 3.8) is 0 Å². The molecule has 2 rings (SSSR count). The Hall–Kier alpha value is -1.67. The van der Waals surface area contributed by atoms with E-state index in [1.807, 2.05) is 0 Å². The van der Waals surface area contributed by atoms with E-state index in [0.29, 0.717) is 18.7 Å². The van der Waals surface area contributed by atoms with Gasteiger partial charge in [0.15, 0.2) is 21.4 Å². The highest BCUT2D eigenvalue weighted by molar-refractivity contribution is 7.91. The molecule has 1 aromatic rings. The third kappa shape index (κ3) is 4.90. The van der Waals surface area contributed by atoms with E-state index in [1.54, 1.807) is 17.9 Å². The maximum atomic E-state index is 13.7. The van der Waals surface area contributed by atoms with Crippen molar-refractivity contribution in [2.75, 3.05) is 38.2 Å². The lowest BCUT2D eigenvalue weighted by atomic mass is 10.1. The SMILES string of the molecule is COc1ccc([C@H](C)NC(=O)CN2CCS(=O)(=O)CC2)cc1F. The molecule has 1 fully saturated rings. The quantitative estimate of drug-likeness (QED) is 0.853. The van der Waals surface area contributed by atoms with Gasteiger partial charge in [-0.1, -0.05) is 6.07 Å². The third-order valence-corrected chi connectivity index (χ3v) is 5.47. The molecule has 0 spiro atoms. The zero-order valence-electron chi connectivity index (χ0n) is 13.2. The summed E-state index contributed by atoms with van der Waals surface area (Å²) in [5, 5.41) is 2.79. The van der Waals surface area contributed by atoms with Crippen LogP contribution in [0.4, 0.5) is 4.39 Å². The summed E-state index contributed by atoms with van der Waals surface area (Å²) in [5.74, 6) is -0.374. The molecule has 128 valence electrons. The van der Waals surface area contributed by atoms with Gasteiger partial charge in [0.1, 0.15) is 0 Å². The molecule has 1 aliphatic rings. The maximum Gasteiger partial charge on any atom is 0.234 e. The van der Waals surface area contributed by atoms with Gasteiger partial charge in [0.2, 0.25) is 5.91 Å². The molecule has 1 aliphatic heterocycles. The van der Waals surface area contributed by atoms with Gasteiger partial charge in [0.25, 0.3) is 0 Å². The summed E-state index contributed by atoms with van der Waals surface area (Å²) >= 11 is 0. The number of carbonyl (C=O) groups is 1. The van der Waals surface area contributed by atoms with Gasteiger partial charge in [-0.2, -0.15) is 0 Å². The number of rotatable bonds is 5. The lowest BCUT2D eigenvalue weighted by molar-refractivity contribution is -0.122. The van der Waals surface area contributed by atoms with Gasteiger partial charge in [-0.25, -0.2) is 12.8 Å². The minimum Gasteiger partial charge on any atom is -0.494 e. The lowest BCUT2D eigenvalue weighted by Gasteiger charge is -2.26. The van der Waals surface area contributed by atoms with Crippen LogP contribution in [0.1, 0.15) is 18.5 Å². The minimum atomic E-state index is -2.96. The number of ether oxygens (including phenoxy) is 1. The van der Waals surface area contributed by atoms with Crippen molar-refractivity contribution < 1.29 is 22.3 Å². The molecule has 0 radical (unpaired) electrons. The largest absolute Gasteiger partial charge is 0.494 e. The third-order valence-electron chi connectivity index (χ3n) is 3.86. The van der Waals surface area contributed by atoms with Gasteiger partial charge in [0, 0.05) is 13.1 Å². The van der Waals surface area contributed by atoms with E-state index < -0.39 is 15.7 Å². The van der Waals surface area contributed by atoms with Crippen LogP contribution in [0.25, 0.3) is 0 Å². The molecule has 1 aromatic carbocycles. The van der Waals surface area contributed by atoms with Crippen LogP contribution in [0.2, 0.25) is 0 Å². The molecule has 0 bridgehead atoms. The number of methoxy groups -OCH3 is 1. The van der Waals surface area contributed by atoms with E-state index in [2.05, 4.69) is 5.32 Å². The first-order valence-electron chi connectivity index (χ1n) is 7.36. The van der Waals surface area contributed by atoms with Crippen LogP contribution in [0.5, 0.6) is 5.75 Å². The minimum absolute atomic E-state index is 0.0829. The van der Waals surface area contributed by atoms with Gasteiger partial charge in [-0.05, 0) is 24.6 Å². The Morgan fingerprint density at radius 3 is 2.61 bits per heavy atom. The van der Waals surface area contributed by atoms with Gasteiger partial charge in [-0.15, -0.1) is 0 Å².